The Morgan fingerprint density at radius 2 is 1.90 bits per heavy atom. The van der Waals surface area contributed by atoms with Gasteiger partial charge in [0.25, 0.3) is 21.7 Å². The average molecular weight is 582 g/mol. The van der Waals surface area contributed by atoms with Gasteiger partial charge in [-0.15, -0.1) is 11.5 Å². The molecule has 12 heteroatoms. The van der Waals surface area contributed by atoms with Crippen molar-refractivity contribution >= 4 is 38.4 Å². The second-order valence-electron chi connectivity index (χ2n) is 9.92. The van der Waals surface area contributed by atoms with E-state index >= 15 is 0 Å². The third kappa shape index (κ3) is 4.49. The fourth-order valence-corrected chi connectivity index (χ4v) is 6.53. The van der Waals surface area contributed by atoms with Crippen LogP contribution in [0.25, 0.3) is 22.1 Å². The molecule has 5 aromatic rings. The lowest BCUT2D eigenvalue weighted by atomic mass is 9.97. The number of aryl methyl sites for hydroxylation is 2. The summed E-state index contributed by atoms with van der Waals surface area (Å²) in [6, 6.07) is 13.9. The molecule has 0 saturated carbocycles. The summed E-state index contributed by atoms with van der Waals surface area (Å²) >= 11 is 0. The Hall–Kier alpha value is -4.99. The van der Waals surface area contributed by atoms with E-state index in [1.54, 1.807) is 30.7 Å². The number of pyridine rings is 1. The SMILES string of the molecule is C#Cc1ccc2c3c(c([C@@H](C)NC(=O)c4c(NS(=O)(=O)NCC)nn5cccnc45)n(-c4ccccc4)c(=O)c13)CC2. The van der Waals surface area contributed by atoms with E-state index in [1.807, 2.05) is 42.5 Å². The van der Waals surface area contributed by atoms with Crippen molar-refractivity contribution < 1.29 is 13.2 Å². The van der Waals surface area contributed by atoms with Crippen molar-refractivity contribution in [2.75, 3.05) is 11.3 Å². The Bertz CT molecular complexity index is 2090. The molecule has 42 heavy (non-hydrogen) atoms. The van der Waals surface area contributed by atoms with Crippen molar-refractivity contribution in [2.45, 2.75) is 32.7 Å². The number of fused-ring (bicyclic) bond motifs is 1. The van der Waals surface area contributed by atoms with Gasteiger partial charge in [-0.2, -0.15) is 13.1 Å². The van der Waals surface area contributed by atoms with Crippen LogP contribution in [0.2, 0.25) is 0 Å². The minimum absolute atomic E-state index is 0.0509. The fraction of sp³-hybridized carbons (Fsp3) is 0.200. The van der Waals surface area contributed by atoms with Gasteiger partial charge in [-0.1, -0.05) is 37.1 Å². The van der Waals surface area contributed by atoms with Gasteiger partial charge in [-0.25, -0.2) is 9.50 Å². The normalized spacial score (nSPS) is 13.3. The Labute approximate surface area is 241 Å². The molecular formula is C30H27N7O4S. The predicted molar refractivity (Wildman–Crippen MR) is 160 cm³/mol. The lowest BCUT2D eigenvalue weighted by molar-refractivity contribution is 0.0941. The first-order valence-electron chi connectivity index (χ1n) is 13.4. The van der Waals surface area contributed by atoms with Crippen molar-refractivity contribution in [2.24, 2.45) is 0 Å². The van der Waals surface area contributed by atoms with Crippen LogP contribution in [-0.2, 0) is 23.1 Å². The highest BCUT2D eigenvalue weighted by molar-refractivity contribution is 7.90. The molecule has 1 aliphatic rings. The first kappa shape index (κ1) is 27.2. The standard InChI is InChI=1S/C30H27N7O4S/c1-4-19-12-13-20-14-15-22-23(20)24(19)30(39)37(21-10-7-6-8-11-21)26(22)18(3)33-29(38)25-27(35-42(40,41)32-5-2)34-36-17-9-16-31-28(25)36/h1,6-13,16-18,32H,5,14-15H2,2-3H3,(H,33,38)(H,34,35)/t18-/m1/s1. The number of terminal acetylenes is 1. The first-order valence-corrected chi connectivity index (χ1v) is 14.9. The molecule has 0 bridgehead atoms. The molecule has 3 heterocycles. The molecule has 0 unspecified atom stereocenters. The van der Waals surface area contributed by atoms with E-state index in [9.17, 15) is 18.0 Å². The molecule has 1 atom stereocenters. The highest BCUT2D eigenvalue weighted by atomic mass is 32.2. The Kier molecular flexibility index (Phi) is 6.76. The van der Waals surface area contributed by atoms with E-state index in [4.69, 9.17) is 6.42 Å². The molecular weight excluding hydrogens is 554 g/mol. The minimum Gasteiger partial charge on any atom is -0.344 e. The number of benzene rings is 2. The molecule has 3 aromatic heterocycles. The second kappa shape index (κ2) is 10.4. The number of amides is 1. The van der Waals surface area contributed by atoms with E-state index in [2.05, 4.69) is 30.8 Å². The quantitative estimate of drug-likeness (QED) is 0.241. The van der Waals surface area contributed by atoms with Crippen molar-refractivity contribution in [1.29, 1.82) is 0 Å². The van der Waals surface area contributed by atoms with Crippen LogP contribution in [0.5, 0.6) is 0 Å². The zero-order valence-corrected chi connectivity index (χ0v) is 23.7. The number of aromatic nitrogens is 4. The molecule has 1 amide bonds. The Morgan fingerprint density at radius 1 is 1.12 bits per heavy atom. The van der Waals surface area contributed by atoms with E-state index in [-0.39, 0.29) is 29.1 Å². The van der Waals surface area contributed by atoms with Gasteiger partial charge < -0.3 is 5.32 Å². The molecule has 212 valence electrons. The predicted octanol–water partition coefficient (Wildman–Crippen LogP) is 2.87. The number of nitrogens with zero attached hydrogens (tertiary/aromatic N) is 4. The van der Waals surface area contributed by atoms with Crippen LogP contribution in [0.4, 0.5) is 5.82 Å². The number of hydrogen-bond acceptors (Lipinski definition) is 6. The van der Waals surface area contributed by atoms with Gasteiger partial charge in [0.2, 0.25) is 0 Å². The van der Waals surface area contributed by atoms with Gasteiger partial charge in [-0.05, 0) is 60.5 Å². The number of anilines is 1. The molecule has 2 aromatic carbocycles. The molecule has 0 aliphatic heterocycles. The van der Waals surface area contributed by atoms with Gasteiger partial charge in [0.05, 0.1) is 17.1 Å². The van der Waals surface area contributed by atoms with Gasteiger partial charge in [0, 0.05) is 30.2 Å². The molecule has 0 radical (unpaired) electrons. The Morgan fingerprint density at radius 3 is 2.64 bits per heavy atom. The zero-order chi connectivity index (χ0) is 29.6. The number of hydrogen-bond donors (Lipinski definition) is 3. The van der Waals surface area contributed by atoms with Gasteiger partial charge >= 0.3 is 0 Å². The van der Waals surface area contributed by atoms with Crippen molar-refractivity contribution in [3.05, 3.63) is 99.2 Å². The van der Waals surface area contributed by atoms with Crippen molar-refractivity contribution in [3.8, 4) is 18.0 Å². The van der Waals surface area contributed by atoms with Crippen LogP contribution in [0.1, 0.15) is 52.6 Å². The lowest BCUT2D eigenvalue weighted by Gasteiger charge is -2.24. The van der Waals surface area contributed by atoms with Crippen LogP contribution in [-0.4, -0.2) is 40.0 Å². The molecule has 0 fully saturated rings. The number of carbonyl (C=O) groups is 1. The molecule has 3 N–H and O–H groups in total. The number of carbonyl (C=O) groups excluding carboxylic acids is 1. The molecule has 0 spiro atoms. The highest BCUT2D eigenvalue weighted by Crippen LogP contribution is 2.36. The topological polar surface area (TPSA) is 139 Å². The highest BCUT2D eigenvalue weighted by Gasteiger charge is 2.31. The minimum atomic E-state index is -4.00. The van der Waals surface area contributed by atoms with Crippen molar-refractivity contribution in [1.82, 2.24) is 29.2 Å². The average Bonchev–Trinajstić information content (AvgIpc) is 3.56. The summed E-state index contributed by atoms with van der Waals surface area (Å²) in [6.45, 7) is 3.57. The maximum absolute atomic E-state index is 14.2. The summed E-state index contributed by atoms with van der Waals surface area (Å²) < 4.78 is 32.7. The largest absolute Gasteiger partial charge is 0.344 e. The number of nitrogens with one attached hydrogen (secondary N) is 3. The van der Waals surface area contributed by atoms with Crippen LogP contribution in [0.15, 0.2) is 65.7 Å². The smallest absolute Gasteiger partial charge is 0.300 e. The van der Waals surface area contributed by atoms with E-state index < -0.39 is 22.2 Å². The van der Waals surface area contributed by atoms with E-state index in [0.717, 1.165) is 22.9 Å². The van der Waals surface area contributed by atoms with Crippen LogP contribution in [0, 0.1) is 12.3 Å². The number of rotatable bonds is 8. The Balaban J connectivity index is 1.51. The molecule has 6 rings (SSSR count). The maximum Gasteiger partial charge on any atom is 0.300 e. The summed E-state index contributed by atoms with van der Waals surface area (Å²) in [5.74, 6) is 1.87. The molecule has 0 saturated heterocycles. The summed E-state index contributed by atoms with van der Waals surface area (Å²) in [5.41, 5.74) is 3.58. The summed E-state index contributed by atoms with van der Waals surface area (Å²) in [5, 5.41) is 8.56. The fourth-order valence-electron chi connectivity index (χ4n) is 5.68. The first-order chi connectivity index (χ1) is 20.2. The van der Waals surface area contributed by atoms with E-state index in [1.165, 1.54) is 10.7 Å². The maximum atomic E-state index is 14.2. The van der Waals surface area contributed by atoms with Crippen molar-refractivity contribution in [3.63, 3.8) is 0 Å². The monoisotopic (exact) mass is 581 g/mol. The zero-order valence-electron chi connectivity index (χ0n) is 22.9. The van der Waals surface area contributed by atoms with Crippen LogP contribution >= 0.6 is 0 Å². The summed E-state index contributed by atoms with van der Waals surface area (Å²) in [4.78, 5) is 32.3. The third-order valence-electron chi connectivity index (χ3n) is 7.32. The van der Waals surface area contributed by atoms with Crippen LogP contribution in [0.3, 0.4) is 0 Å². The molecule has 11 nitrogen and oxygen atoms in total. The van der Waals surface area contributed by atoms with E-state index in [0.29, 0.717) is 28.8 Å². The third-order valence-corrected chi connectivity index (χ3v) is 8.45. The van der Waals surface area contributed by atoms with Gasteiger partial charge in [-0.3, -0.25) is 18.9 Å². The van der Waals surface area contributed by atoms with Crippen LogP contribution < -0.4 is 20.3 Å². The lowest BCUT2D eigenvalue weighted by Crippen LogP contribution is -2.34. The number of para-hydroxylation sites is 1. The van der Waals surface area contributed by atoms with Gasteiger partial charge in [0.1, 0.15) is 5.56 Å². The second-order valence-corrected chi connectivity index (χ2v) is 11.4. The molecule has 1 aliphatic carbocycles. The summed E-state index contributed by atoms with van der Waals surface area (Å²) in [6.07, 6.45) is 10.3. The summed E-state index contributed by atoms with van der Waals surface area (Å²) in [7, 11) is -4.00. The van der Waals surface area contributed by atoms with Gasteiger partial charge in [0.15, 0.2) is 11.5 Å².